The van der Waals surface area contributed by atoms with Gasteiger partial charge in [0.2, 0.25) is 0 Å². The maximum atomic E-state index is 13.5. The molecule has 176 valence electrons. The summed E-state index contributed by atoms with van der Waals surface area (Å²) < 4.78 is 27.0. The molecule has 0 spiro atoms. The summed E-state index contributed by atoms with van der Waals surface area (Å²) in [5, 5.41) is 2.91. The summed E-state index contributed by atoms with van der Waals surface area (Å²) in [5.41, 5.74) is 2.36. The number of rotatable bonds is 9. The minimum absolute atomic E-state index is 0.250. The minimum atomic E-state index is -0.292. The first-order valence-electron chi connectivity index (χ1n) is 11.5. The maximum Gasteiger partial charge on any atom is 0.287 e. The zero-order chi connectivity index (χ0) is 23.3. The van der Waals surface area contributed by atoms with E-state index >= 15 is 0 Å². The molecule has 1 N–H and O–H groups in total. The van der Waals surface area contributed by atoms with Gasteiger partial charge in [-0.2, -0.15) is 11.8 Å². The molecular formula is C26H26FN3O3S. The van der Waals surface area contributed by atoms with E-state index in [1.165, 1.54) is 25.0 Å². The highest BCUT2D eigenvalue weighted by molar-refractivity contribution is 7.98. The number of nitrogens with zero attached hydrogens (tertiary/aromatic N) is 2. The summed E-state index contributed by atoms with van der Waals surface area (Å²) >= 11 is 1.69. The Morgan fingerprint density at radius 1 is 1.15 bits per heavy atom. The lowest BCUT2D eigenvalue weighted by Crippen LogP contribution is -2.25. The molecule has 34 heavy (non-hydrogen) atoms. The molecule has 3 heterocycles. The molecule has 3 aromatic heterocycles. The Hall–Kier alpha value is -3.26. The summed E-state index contributed by atoms with van der Waals surface area (Å²) in [6.07, 6.45) is 8.01. The number of imidazole rings is 1. The molecule has 8 heteroatoms. The van der Waals surface area contributed by atoms with E-state index in [4.69, 9.17) is 8.83 Å². The first-order chi connectivity index (χ1) is 16.7. The predicted octanol–water partition coefficient (Wildman–Crippen LogP) is 6.32. The van der Waals surface area contributed by atoms with Crippen LogP contribution in [-0.2, 0) is 5.75 Å². The lowest BCUT2D eigenvalue weighted by Gasteiger charge is -2.15. The third-order valence-corrected chi connectivity index (χ3v) is 7.03. The number of amides is 1. The molecule has 0 radical (unpaired) electrons. The standard InChI is InChI=1S/C26H26FN3O3S/c27-19-9-7-18(8-10-19)24-25(30(17-29-24)20-4-1-2-5-20)22-11-12-23(33-22)26(31)28-13-15-34-16-21-6-3-14-32-21/h3,6-12,14,17,20H,1-2,4-5,13,15-16H2,(H,28,31). The third kappa shape index (κ3) is 4.97. The van der Waals surface area contributed by atoms with Gasteiger partial charge < -0.3 is 18.7 Å². The summed E-state index contributed by atoms with van der Waals surface area (Å²) in [7, 11) is 0. The van der Waals surface area contributed by atoms with Crippen molar-refractivity contribution in [3.05, 3.63) is 78.5 Å². The molecule has 0 bridgehead atoms. The number of carbonyl (C=O) groups excluding carboxylic acids is 1. The molecule has 1 amide bonds. The van der Waals surface area contributed by atoms with Crippen LogP contribution in [-0.4, -0.2) is 27.8 Å². The van der Waals surface area contributed by atoms with Gasteiger partial charge in [-0.3, -0.25) is 4.79 Å². The van der Waals surface area contributed by atoms with Gasteiger partial charge in [0, 0.05) is 23.9 Å². The van der Waals surface area contributed by atoms with Crippen LogP contribution in [0.1, 0.15) is 48.0 Å². The second kappa shape index (κ2) is 10.3. The third-order valence-electron chi connectivity index (χ3n) is 6.05. The van der Waals surface area contributed by atoms with E-state index in [1.54, 1.807) is 36.2 Å². The average Bonchev–Trinajstić information content (AvgIpc) is 3.65. The average molecular weight is 480 g/mol. The molecule has 0 saturated heterocycles. The van der Waals surface area contributed by atoms with Crippen molar-refractivity contribution in [2.75, 3.05) is 12.3 Å². The van der Waals surface area contributed by atoms with Gasteiger partial charge in [0.1, 0.15) is 17.3 Å². The van der Waals surface area contributed by atoms with Gasteiger partial charge in [-0.25, -0.2) is 9.37 Å². The van der Waals surface area contributed by atoms with Crippen molar-refractivity contribution in [2.24, 2.45) is 0 Å². The zero-order valence-corrected chi connectivity index (χ0v) is 19.5. The van der Waals surface area contributed by atoms with Crippen LogP contribution < -0.4 is 5.32 Å². The quantitative estimate of drug-likeness (QED) is 0.284. The predicted molar refractivity (Wildman–Crippen MR) is 130 cm³/mol. The smallest absolute Gasteiger partial charge is 0.287 e. The number of aromatic nitrogens is 2. The molecule has 4 aromatic rings. The van der Waals surface area contributed by atoms with E-state index in [1.807, 2.05) is 24.5 Å². The highest BCUT2D eigenvalue weighted by Gasteiger charge is 2.25. The van der Waals surface area contributed by atoms with Crippen molar-refractivity contribution in [2.45, 2.75) is 37.5 Å². The van der Waals surface area contributed by atoms with Crippen LogP contribution >= 0.6 is 11.8 Å². The number of hydrogen-bond acceptors (Lipinski definition) is 5. The van der Waals surface area contributed by atoms with Crippen LogP contribution in [0.5, 0.6) is 0 Å². The zero-order valence-electron chi connectivity index (χ0n) is 18.7. The fraction of sp³-hybridized carbons (Fsp3) is 0.308. The Labute approximate surface area is 201 Å². The Balaban J connectivity index is 1.31. The van der Waals surface area contributed by atoms with E-state index in [0.29, 0.717) is 18.3 Å². The largest absolute Gasteiger partial charge is 0.468 e. The van der Waals surface area contributed by atoms with Gasteiger partial charge in [0.25, 0.3) is 5.91 Å². The normalized spacial score (nSPS) is 14.0. The molecule has 1 fully saturated rings. The van der Waals surface area contributed by atoms with Crippen molar-refractivity contribution in [1.29, 1.82) is 0 Å². The van der Waals surface area contributed by atoms with E-state index < -0.39 is 0 Å². The number of hydrogen-bond donors (Lipinski definition) is 1. The molecule has 0 aliphatic heterocycles. The maximum absolute atomic E-state index is 13.5. The van der Waals surface area contributed by atoms with Gasteiger partial charge >= 0.3 is 0 Å². The number of furan rings is 2. The van der Waals surface area contributed by atoms with Gasteiger partial charge in [0.15, 0.2) is 11.5 Å². The van der Waals surface area contributed by atoms with Crippen LogP contribution in [0.15, 0.2) is 70.0 Å². The number of benzene rings is 1. The summed E-state index contributed by atoms with van der Waals surface area (Å²) in [4.78, 5) is 17.3. The molecule has 6 nitrogen and oxygen atoms in total. The van der Waals surface area contributed by atoms with Gasteiger partial charge in [-0.1, -0.05) is 12.8 Å². The fourth-order valence-corrected chi connectivity index (χ4v) is 5.12. The summed E-state index contributed by atoms with van der Waals surface area (Å²) in [5.74, 6) is 2.76. The Morgan fingerprint density at radius 3 is 2.74 bits per heavy atom. The van der Waals surface area contributed by atoms with Crippen molar-refractivity contribution in [3.8, 4) is 22.7 Å². The molecular weight excluding hydrogens is 453 g/mol. The Morgan fingerprint density at radius 2 is 1.97 bits per heavy atom. The van der Waals surface area contributed by atoms with Crippen LogP contribution in [0.25, 0.3) is 22.7 Å². The molecule has 1 aliphatic rings. The second-order valence-corrected chi connectivity index (χ2v) is 9.45. The lowest BCUT2D eigenvalue weighted by atomic mass is 10.1. The molecule has 1 aromatic carbocycles. The van der Waals surface area contributed by atoms with Gasteiger partial charge in [-0.05, 0) is 61.4 Å². The van der Waals surface area contributed by atoms with Crippen LogP contribution in [0.4, 0.5) is 4.39 Å². The van der Waals surface area contributed by atoms with E-state index in [2.05, 4.69) is 14.9 Å². The molecule has 1 aliphatic carbocycles. The molecule has 5 rings (SSSR count). The van der Waals surface area contributed by atoms with Crippen molar-refractivity contribution < 1.29 is 18.0 Å². The van der Waals surface area contributed by atoms with E-state index in [9.17, 15) is 9.18 Å². The number of halogens is 1. The van der Waals surface area contributed by atoms with Gasteiger partial charge in [-0.15, -0.1) is 0 Å². The SMILES string of the molecule is O=C(NCCSCc1ccco1)c1ccc(-c2c(-c3ccc(F)cc3)ncn2C2CCCC2)o1. The van der Waals surface area contributed by atoms with E-state index in [-0.39, 0.29) is 17.5 Å². The van der Waals surface area contributed by atoms with Crippen molar-refractivity contribution in [3.63, 3.8) is 0 Å². The van der Waals surface area contributed by atoms with Crippen molar-refractivity contribution >= 4 is 17.7 Å². The minimum Gasteiger partial charge on any atom is -0.468 e. The lowest BCUT2D eigenvalue weighted by molar-refractivity contribution is 0.0929. The molecule has 1 saturated carbocycles. The number of nitrogens with one attached hydrogen (secondary N) is 1. The highest BCUT2D eigenvalue weighted by Crippen LogP contribution is 2.39. The second-order valence-electron chi connectivity index (χ2n) is 8.35. The van der Waals surface area contributed by atoms with Crippen LogP contribution in [0.3, 0.4) is 0 Å². The number of carbonyl (C=O) groups is 1. The summed E-state index contributed by atoms with van der Waals surface area (Å²) in [6, 6.07) is 14.0. The van der Waals surface area contributed by atoms with Gasteiger partial charge in [0.05, 0.1) is 24.0 Å². The topological polar surface area (TPSA) is 73.2 Å². The first-order valence-corrected chi connectivity index (χ1v) is 12.7. The van der Waals surface area contributed by atoms with E-state index in [0.717, 1.165) is 47.1 Å². The monoisotopic (exact) mass is 479 g/mol. The number of thioether (sulfide) groups is 1. The van der Waals surface area contributed by atoms with Crippen LogP contribution in [0, 0.1) is 5.82 Å². The van der Waals surface area contributed by atoms with Crippen molar-refractivity contribution in [1.82, 2.24) is 14.9 Å². The Bertz CT molecular complexity index is 1220. The van der Waals surface area contributed by atoms with Crippen LogP contribution in [0.2, 0.25) is 0 Å². The highest BCUT2D eigenvalue weighted by atomic mass is 32.2. The molecule has 0 atom stereocenters. The summed E-state index contributed by atoms with van der Waals surface area (Å²) in [6.45, 7) is 0.529. The molecule has 0 unspecified atom stereocenters. The first kappa shape index (κ1) is 22.5. The fourth-order valence-electron chi connectivity index (χ4n) is 4.36. The Kier molecular flexibility index (Phi) is 6.85.